The van der Waals surface area contributed by atoms with Crippen molar-refractivity contribution in [1.29, 1.82) is 0 Å². The van der Waals surface area contributed by atoms with Gasteiger partial charge >= 0.3 is 19.1 Å². The Morgan fingerprint density at radius 3 is 2.28 bits per heavy atom. The number of hydrogen-bond donors (Lipinski definition) is 0. The van der Waals surface area contributed by atoms with Crippen LogP contribution in [0.4, 0.5) is 0 Å². The molecule has 6 atom stereocenters. The van der Waals surface area contributed by atoms with E-state index < -0.39 is 13.1 Å². The van der Waals surface area contributed by atoms with Crippen LogP contribution in [0, 0.1) is 23.2 Å². The SMILES string of the molecule is C[C@@H]1[C@H]2C[C@@H](C[C@@H]1N1CC(=O)OB([C@@H]3O[C@H]3c3ccccc3)OC(=O)C1)C2(C)C. The Hall–Kier alpha value is -1.86. The Balaban J connectivity index is 1.25. The van der Waals surface area contributed by atoms with Crippen molar-refractivity contribution in [3.8, 4) is 0 Å². The monoisotopic (exact) mass is 397 g/mol. The number of ether oxygens (including phenoxy) is 1. The molecule has 2 bridgehead atoms. The summed E-state index contributed by atoms with van der Waals surface area (Å²) < 4.78 is 16.7. The minimum atomic E-state index is -0.974. The first-order valence-electron chi connectivity index (χ1n) is 10.7. The molecule has 5 aliphatic rings. The van der Waals surface area contributed by atoms with Gasteiger partial charge in [0, 0.05) is 6.04 Å². The zero-order valence-corrected chi connectivity index (χ0v) is 17.2. The molecule has 6 rings (SSSR count). The molecule has 0 aromatic heterocycles. The van der Waals surface area contributed by atoms with E-state index in [1.165, 1.54) is 6.42 Å². The van der Waals surface area contributed by atoms with E-state index >= 15 is 0 Å². The predicted molar refractivity (Wildman–Crippen MR) is 107 cm³/mol. The number of rotatable bonds is 3. The van der Waals surface area contributed by atoms with Crippen LogP contribution in [0.5, 0.6) is 0 Å². The number of benzene rings is 1. The predicted octanol–water partition coefficient (Wildman–Crippen LogP) is 2.63. The summed E-state index contributed by atoms with van der Waals surface area (Å²) in [7, 11) is -0.974. The molecule has 0 N–H and O–H groups in total. The molecule has 0 unspecified atom stereocenters. The van der Waals surface area contributed by atoms with E-state index in [-0.39, 0.29) is 37.2 Å². The molecular formula is C22H28BNO5. The van der Waals surface area contributed by atoms with Crippen LogP contribution in [0.2, 0.25) is 0 Å². The number of carbonyl (C=O) groups is 2. The van der Waals surface area contributed by atoms with Gasteiger partial charge in [0.15, 0.2) is 6.00 Å². The minimum Gasteiger partial charge on any atom is -0.496 e. The maximum atomic E-state index is 12.6. The molecule has 7 heteroatoms. The number of carbonyl (C=O) groups excluding carboxylic acids is 2. The van der Waals surface area contributed by atoms with Gasteiger partial charge in [-0.15, -0.1) is 0 Å². The summed E-state index contributed by atoms with van der Waals surface area (Å²) in [5.74, 6) is 1.04. The van der Waals surface area contributed by atoms with Crippen molar-refractivity contribution in [3.05, 3.63) is 35.9 Å². The quantitative estimate of drug-likeness (QED) is 0.577. The van der Waals surface area contributed by atoms with Crippen molar-refractivity contribution in [2.45, 2.75) is 51.8 Å². The van der Waals surface area contributed by atoms with E-state index in [0.717, 1.165) is 12.0 Å². The normalized spacial score (nSPS) is 38.9. The van der Waals surface area contributed by atoms with E-state index in [9.17, 15) is 9.59 Å². The third-order valence-corrected chi connectivity index (χ3v) is 7.86. The van der Waals surface area contributed by atoms with E-state index in [1.807, 2.05) is 35.2 Å². The molecule has 0 spiro atoms. The highest BCUT2D eigenvalue weighted by Gasteiger charge is 2.59. The van der Waals surface area contributed by atoms with Gasteiger partial charge in [0.25, 0.3) is 0 Å². The minimum absolute atomic E-state index is 0.128. The fraction of sp³-hybridized carbons (Fsp3) is 0.636. The topological polar surface area (TPSA) is 68.4 Å². The summed E-state index contributed by atoms with van der Waals surface area (Å²) in [6.07, 6.45) is 2.08. The molecule has 1 aromatic carbocycles. The molecule has 1 aromatic rings. The smallest absolute Gasteiger partial charge is 0.496 e. The van der Waals surface area contributed by atoms with Crippen LogP contribution < -0.4 is 0 Å². The maximum absolute atomic E-state index is 12.6. The number of epoxide rings is 1. The van der Waals surface area contributed by atoms with Gasteiger partial charge in [0.1, 0.15) is 6.10 Å². The molecule has 2 heterocycles. The summed E-state index contributed by atoms with van der Waals surface area (Å²) in [5, 5.41) is 0. The highest BCUT2D eigenvalue weighted by Crippen LogP contribution is 2.62. The van der Waals surface area contributed by atoms with Crippen molar-refractivity contribution in [2.75, 3.05) is 13.1 Å². The molecule has 2 aliphatic heterocycles. The Kier molecular flexibility index (Phi) is 4.51. The lowest BCUT2D eigenvalue weighted by Gasteiger charge is -2.63. The largest absolute Gasteiger partial charge is 0.632 e. The second-order valence-corrected chi connectivity index (χ2v) is 9.71. The Morgan fingerprint density at radius 2 is 1.69 bits per heavy atom. The van der Waals surface area contributed by atoms with E-state index in [2.05, 4.69) is 20.8 Å². The summed E-state index contributed by atoms with van der Waals surface area (Å²) in [5.41, 5.74) is 1.35. The molecule has 0 amide bonds. The molecule has 5 fully saturated rings. The zero-order valence-electron chi connectivity index (χ0n) is 17.2. The molecule has 2 saturated heterocycles. The van der Waals surface area contributed by atoms with Gasteiger partial charge < -0.3 is 14.0 Å². The van der Waals surface area contributed by atoms with Gasteiger partial charge in [-0.3, -0.25) is 14.5 Å². The van der Waals surface area contributed by atoms with Crippen LogP contribution in [0.25, 0.3) is 0 Å². The molecular weight excluding hydrogens is 369 g/mol. The molecule has 3 saturated carbocycles. The molecule has 3 aliphatic carbocycles. The first kappa shape index (κ1) is 19.1. The summed E-state index contributed by atoms with van der Waals surface area (Å²) in [6, 6.07) is 9.49. The van der Waals surface area contributed by atoms with Gasteiger partial charge in [0.05, 0.1) is 13.1 Å². The third-order valence-electron chi connectivity index (χ3n) is 7.86. The lowest BCUT2D eigenvalue weighted by atomic mass is 9.44. The first-order valence-corrected chi connectivity index (χ1v) is 10.7. The molecule has 0 radical (unpaired) electrons. The standard InChI is InChI=1S/C22H28BNO5/c1-13-16-9-15(22(16,2)3)10-17(13)24-11-18(25)28-23(29-19(26)12-24)21-20(27-21)14-7-5-4-6-8-14/h4-8,13,15-17,20-21H,9-12H2,1-3H3/t13-,15+,16-,17+,20+,21-/m1/s1. The van der Waals surface area contributed by atoms with Crippen LogP contribution in [0.1, 0.15) is 45.3 Å². The second-order valence-electron chi connectivity index (χ2n) is 9.71. The summed E-state index contributed by atoms with van der Waals surface area (Å²) in [6.45, 7) is 7.20. The Morgan fingerprint density at radius 1 is 1.03 bits per heavy atom. The fourth-order valence-corrected chi connectivity index (χ4v) is 5.96. The van der Waals surface area contributed by atoms with Crippen LogP contribution in [0.3, 0.4) is 0 Å². The van der Waals surface area contributed by atoms with Crippen LogP contribution in [-0.2, 0) is 23.6 Å². The highest BCUT2D eigenvalue weighted by atomic mass is 16.7. The molecule has 6 nitrogen and oxygen atoms in total. The van der Waals surface area contributed by atoms with E-state index in [4.69, 9.17) is 14.0 Å². The Bertz CT molecular complexity index is 795. The van der Waals surface area contributed by atoms with Crippen molar-refractivity contribution in [1.82, 2.24) is 4.90 Å². The molecule has 154 valence electrons. The van der Waals surface area contributed by atoms with Crippen molar-refractivity contribution < 1.29 is 23.6 Å². The average Bonchev–Trinajstić information content (AvgIpc) is 3.47. The summed E-state index contributed by atoms with van der Waals surface area (Å²) in [4.78, 5) is 27.2. The van der Waals surface area contributed by atoms with Gasteiger partial charge in [-0.25, -0.2) is 0 Å². The first-order chi connectivity index (χ1) is 13.8. The van der Waals surface area contributed by atoms with Gasteiger partial charge in [-0.1, -0.05) is 51.1 Å². The van der Waals surface area contributed by atoms with Crippen LogP contribution >= 0.6 is 0 Å². The fourth-order valence-electron chi connectivity index (χ4n) is 5.96. The van der Waals surface area contributed by atoms with Gasteiger partial charge in [0.2, 0.25) is 0 Å². The maximum Gasteiger partial charge on any atom is 0.632 e. The lowest BCUT2D eigenvalue weighted by molar-refractivity contribution is -0.160. The number of hydrogen-bond acceptors (Lipinski definition) is 6. The van der Waals surface area contributed by atoms with Crippen LogP contribution in [-0.4, -0.2) is 49.1 Å². The van der Waals surface area contributed by atoms with Gasteiger partial charge in [-0.05, 0) is 41.6 Å². The van der Waals surface area contributed by atoms with Crippen molar-refractivity contribution in [2.24, 2.45) is 23.2 Å². The average molecular weight is 397 g/mol. The number of nitrogens with zero attached hydrogens (tertiary/aromatic N) is 1. The summed E-state index contributed by atoms with van der Waals surface area (Å²) >= 11 is 0. The van der Waals surface area contributed by atoms with E-state index in [1.54, 1.807) is 0 Å². The van der Waals surface area contributed by atoms with Crippen molar-refractivity contribution >= 4 is 19.1 Å². The Labute approximate surface area is 172 Å². The van der Waals surface area contributed by atoms with E-state index in [0.29, 0.717) is 23.2 Å². The van der Waals surface area contributed by atoms with Gasteiger partial charge in [-0.2, -0.15) is 0 Å². The van der Waals surface area contributed by atoms with Crippen molar-refractivity contribution in [3.63, 3.8) is 0 Å². The number of fused-ring (bicyclic) bond motifs is 2. The van der Waals surface area contributed by atoms with Crippen LogP contribution in [0.15, 0.2) is 30.3 Å². The zero-order chi connectivity index (χ0) is 20.3. The highest BCUT2D eigenvalue weighted by molar-refractivity contribution is 6.51. The molecule has 29 heavy (non-hydrogen) atoms. The lowest BCUT2D eigenvalue weighted by Crippen LogP contribution is -2.62. The third kappa shape index (κ3) is 3.28. The second kappa shape index (κ2) is 6.84.